The monoisotopic (exact) mass is 519 g/mol. The smallest absolute Gasteiger partial charge is 0.242 e. The molecule has 0 radical (unpaired) electrons. The lowest BCUT2D eigenvalue weighted by Crippen LogP contribution is -2.30. The van der Waals surface area contributed by atoms with Gasteiger partial charge in [0.15, 0.2) is 5.16 Å². The molecule has 1 aliphatic heterocycles. The van der Waals surface area contributed by atoms with Crippen molar-refractivity contribution in [2.45, 2.75) is 28.8 Å². The summed E-state index contributed by atoms with van der Waals surface area (Å²) in [5.74, 6) is 0.289. The number of imidazole rings is 1. The number of rotatable bonds is 5. The van der Waals surface area contributed by atoms with E-state index in [1.54, 1.807) is 11.8 Å². The van der Waals surface area contributed by atoms with Crippen LogP contribution in [0.4, 0.5) is 11.4 Å². The second-order valence-electron chi connectivity index (χ2n) is 9.05. The van der Waals surface area contributed by atoms with E-state index in [4.69, 9.17) is 4.98 Å². The Labute approximate surface area is 225 Å². The second-order valence-corrected chi connectivity index (χ2v) is 11.1. The fourth-order valence-electron chi connectivity index (χ4n) is 4.44. The van der Waals surface area contributed by atoms with Gasteiger partial charge >= 0.3 is 0 Å². The molecule has 182 valence electrons. The maximum atomic E-state index is 13.7. The number of nitrogens with one attached hydrogen (secondary N) is 1. The highest BCUT2D eigenvalue weighted by molar-refractivity contribution is 8.00. The van der Waals surface area contributed by atoms with Gasteiger partial charge in [-0.25, -0.2) is 4.98 Å². The van der Waals surface area contributed by atoms with E-state index in [0.717, 1.165) is 48.8 Å². The third kappa shape index (κ3) is 4.70. The van der Waals surface area contributed by atoms with Gasteiger partial charge in [-0.3, -0.25) is 9.69 Å². The number of fused-ring (bicyclic) bond motifs is 2. The summed E-state index contributed by atoms with van der Waals surface area (Å²) in [7, 11) is 0. The van der Waals surface area contributed by atoms with Crippen LogP contribution >= 0.6 is 23.5 Å². The minimum Gasteiger partial charge on any atom is -0.332 e. The van der Waals surface area contributed by atoms with Gasteiger partial charge in [0, 0.05) is 20.9 Å². The van der Waals surface area contributed by atoms with Crippen LogP contribution in [0.2, 0.25) is 0 Å². The number of anilines is 2. The van der Waals surface area contributed by atoms with Crippen molar-refractivity contribution in [2.24, 2.45) is 0 Å². The number of hydrogen-bond acceptors (Lipinski definition) is 4. The van der Waals surface area contributed by atoms with Crippen molar-refractivity contribution in [1.82, 2.24) is 9.97 Å². The molecule has 37 heavy (non-hydrogen) atoms. The molecule has 4 aromatic carbocycles. The summed E-state index contributed by atoms with van der Waals surface area (Å²) in [5, 5.41) is 0.729. The molecule has 1 amide bonds. The third-order valence-electron chi connectivity index (χ3n) is 6.36. The Morgan fingerprint density at radius 1 is 0.784 bits per heavy atom. The number of H-pyrrole nitrogens is 1. The fraction of sp³-hybridized carbons (Fsp3) is 0.0968. The molecule has 2 heterocycles. The van der Waals surface area contributed by atoms with Crippen LogP contribution in [-0.4, -0.2) is 21.6 Å². The molecular formula is C31H25N3OS2. The lowest BCUT2D eigenvalue weighted by Gasteiger charge is -2.30. The molecule has 1 aliphatic rings. The van der Waals surface area contributed by atoms with Crippen LogP contribution < -0.4 is 4.90 Å². The van der Waals surface area contributed by atoms with Gasteiger partial charge in [-0.2, -0.15) is 0 Å². The fourth-order valence-corrected chi connectivity index (χ4v) is 6.21. The molecular weight excluding hydrogens is 494 g/mol. The van der Waals surface area contributed by atoms with Crippen molar-refractivity contribution in [3.8, 4) is 22.5 Å². The highest BCUT2D eigenvalue weighted by atomic mass is 32.2. The average molecular weight is 520 g/mol. The van der Waals surface area contributed by atoms with Gasteiger partial charge in [-0.15, -0.1) is 0 Å². The van der Waals surface area contributed by atoms with E-state index in [-0.39, 0.29) is 11.7 Å². The molecule has 5 aromatic rings. The van der Waals surface area contributed by atoms with Crippen molar-refractivity contribution >= 4 is 40.8 Å². The average Bonchev–Trinajstić information content (AvgIpc) is 3.35. The number of carbonyl (C=O) groups excluding carboxylic acids is 1. The highest BCUT2D eigenvalue weighted by Gasteiger charge is 2.28. The molecule has 0 unspecified atom stereocenters. The third-order valence-corrected chi connectivity index (χ3v) is 8.35. The molecule has 6 rings (SSSR count). The molecule has 4 nitrogen and oxygen atoms in total. The maximum absolute atomic E-state index is 13.7. The highest BCUT2D eigenvalue weighted by Crippen LogP contribution is 2.48. The molecule has 6 heteroatoms. The first kappa shape index (κ1) is 23.6. The molecule has 0 atom stereocenters. The van der Waals surface area contributed by atoms with E-state index in [1.165, 1.54) is 22.9 Å². The molecule has 0 bridgehead atoms. The Morgan fingerprint density at radius 3 is 1.92 bits per heavy atom. The number of hydrogen-bond donors (Lipinski definition) is 1. The van der Waals surface area contributed by atoms with Crippen molar-refractivity contribution < 1.29 is 4.79 Å². The van der Waals surface area contributed by atoms with Crippen LogP contribution in [0.1, 0.15) is 11.1 Å². The number of nitrogens with zero attached hydrogens (tertiary/aromatic N) is 2. The minimum atomic E-state index is 0.0235. The van der Waals surface area contributed by atoms with Crippen molar-refractivity contribution in [2.75, 3.05) is 10.7 Å². The number of amides is 1. The van der Waals surface area contributed by atoms with E-state index >= 15 is 0 Å². The van der Waals surface area contributed by atoms with E-state index in [9.17, 15) is 4.79 Å². The largest absolute Gasteiger partial charge is 0.332 e. The number of aryl methyl sites for hydroxylation is 2. The Kier molecular flexibility index (Phi) is 6.37. The number of benzene rings is 4. The molecule has 0 saturated carbocycles. The van der Waals surface area contributed by atoms with Crippen LogP contribution in [-0.2, 0) is 4.79 Å². The molecule has 1 N–H and O–H groups in total. The zero-order valence-corrected chi connectivity index (χ0v) is 22.2. The number of aromatic amines is 1. The van der Waals surface area contributed by atoms with Gasteiger partial charge in [0.25, 0.3) is 0 Å². The van der Waals surface area contributed by atoms with Gasteiger partial charge < -0.3 is 4.98 Å². The summed E-state index contributed by atoms with van der Waals surface area (Å²) in [6.07, 6.45) is 0. The first-order valence-corrected chi connectivity index (χ1v) is 13.9. The first-order chi connectivity index (χ1) is 18.1. The van der Waals surface area contributed by atoms with Crippen molar-refractivity contribution in [3.63, 3.8) is 0 Å². The van der Waals surface area contributed by atoms with Crippen molar-refractivity contribution in [3.05, 3.63) is 108 Å². The lowest BCUT2D eigenvalue weighted by atomic mass is 10.0. The number of aromatic nitrogens is 2. The van der Waals surface area contributed by atoms with Gasteiger partial charge in [0.1, 0.15) is 0 Å². The minimum absolute atomic E-state index is 0.0235. The predicted molar refractivity (Wildman–Crippen MR) is 154 cm³/mol. The van der Waals surface area contributed by atoms with Gasteiger partial charge in [-0.05, 0) is 38.1 Å². The Hall–Kier alpha value is -3.74. The zero-order valence-electron chi connectivity index (χ0n) is 20.6. The molecule has 0 spiro atoms. The predicted octanol–water partition coefficient (Wildman–Crippen LogP) is 8.28. The summed E-state index contributed by atoms with van der Waals surface area (Å²) < 4.78 is 0. The van der Waals surface area contributed by atoms with E-state index in [2.05, 4.69) is 79.5 Å². The Balaban J connectivity index is 1.31. The van der Waals surface area contributed by atoms with Gasteiger partial charge in [0.05, 0.1) is 28.5 Å². The number of carbonyl (C=O) groups is 1. The number of para-hydroxylation sites is 2. The standard InChI is InChI=1S/C31H25N3OS2/c1-20-11-15-22(16-12-20)29-30(23-17-13-21(2)14-18-23)33-31(32-29)36-19-28(35)34-24-7-3-5-9-26(24)37-27-10-6-4-8-25(27)34/h3-18H,19H2,1-2H3,(H,32,33). The van der Waals surface area contributed by atoms with Gasteiger partial charge in [0.2, 0.25) is 5.91 Å². The van der Waals surface area contributed by atoms with Crippen LogP contribution in [0, 0.1) is 13.8 Å². The Bertz CT molecular complexity index is 1480. The van der Waals surface area contributed by atoms with Crippen LogP contribution in [0.3, 0.4) is 0 Å². The summed E-state index contributed by atoms with van der Waals surface area (Å²) >= 11 is 3.14. The lowest BCUT2D eigenvalue weighted by molar-refractivity contribution is -0.115. The second kappa shape index (κ2) is 9.96. The molecule has 0 saturated heterocycles. The Morgan fingerprint density at radius 2 is 1.32 bits per heavy atom. The number of thioether (sulfide) groups is 1. The van der Waals surface area contributed by atoms with Gasteiger partial charge in [-0.1, -0.05) is 107 Å². The van der Waals surface area contributed by atoms with E-state index in [0.29, 0.717) is 0 Å². The van der Waals surface area contributed by atoms with Crippen LogP contribution in [0.5, 0.6) is 0 Å². The summed E-state index contributed by atoms with van der Waals surface area (Å²) in [6, 6.07) is 33.0. The first-order valence-electron chi connectivity index (χ1n) is 12.1. The van der Waals surface area contributed by atoms with E-state index in [1.807, 2.05) is 41.3 Å². The molecule has 0 aliphatic carbocycles. The molecule has 1 aromatic heterocycles. The molecule has 0 fully saturated rings. The van der Waals surface area contributed by atoms with Crippen LogP contribution in [0.15, 0.2) is 112 Å². The topological polar surface area (TPSA) is 49.0 Å². The SMILES string of the molecule is Cc1ccc(-c2nc(SCC(=O)N3c4ccccc4Sc4ccccc43)[nH]c2-c2ccc(C)cc2)cc1. The normalized spacial score (nSPS) is 12.2. The summed E-state index contributed by atoms with van der Waals surface area (Å²) in [5.41, 5.74) is 8.24. The quantitative estimate of drug-likeness (QED) is 0.237. The summed E-state index contributed by atoms with van der Waals surface area (Å²) in [4.78, 5) is 26.1. The summed E-state index contributed by atoms with van der Waals surface area (Å²) in [6.45, 7) is 4.16. The van der Waals surface area contributed by atoms with Crippen molar-refractivity contribution in [1.29, 1.82) is 0 Å². The van der Waals surface area contributed by atoms with Crippen LogP contribution in [0.25, 0.3) is 22.5 Å². The van der Waals surface area contributed by atoms with E-state index < -0.39 is 0 Å². The maximum Gasteiger partial charge on any atom is 0.242 e. The zero-order chi connectivity index (χ0) is 25.4.